The molecule has 0 unspecified atom stereocenters. The lowest BCUT2D eigenvalue weighted by atomic mass is 10.0. The second-order valence-corrected chi connectivity index (χ2v) is 45.8. The van der Waals surface area contributed by atoms with Crippen LogP contribution in [0.3, 0.4) is 0 Å². The number of aliphatic hydroxyl groups excluding tert-OH is 2. The summed E-state index contributed by atoms with van der Waals surface area (Å²) < 4.78 is 184. The molecule has 41 nitrogen and oxygen atoms in total. The van der Waals surface area contributed by atoms with E-state index >= 15 is 0 Å². The molecule has 0 radical (unpaired) electrons. The summed E-state index contributed by atoms with van der Waals surface area (Å²) in [5, 5.41) is 33.9. The van der Waals surface area contributed by atoms with E-state index < -0.39 is 138 Å². The van der Waals surface area contributed by atoms with Crippen LogP contribution in [-0.2, 0) is 104 Å². The SMILES string of the molecule is C.COc1ccc(S(=O)(=O)N(CC(C)C)C[C@@H](C)[C@H](C=O)NC(=O)O[C@H]2CO[C@H]3OCC[C@H]32)cc1.COc1ccc(S(=O)(=O)N(CC(C)C)C[C@@H](O)[C@H](CN(C)Cc2ccc(P(=O)(O)O)cc2)NC(=O)O[C@H]2CO[C@H]3OCC[C@H]32)cc1.COc1ccc(S(=O)(=O)N(CC(C)C)C[C@@H](O)[C@H](CNCc2ccc(P(=O)(O)O)cc2)NC(=O)O[C@H]2CO[C@H]3OCC[C@H]32)cc1.Cc1ccc(P(=O)(O)O)cc1. The van der Waals surface area contributed by atoms with Gasteiger partial charge in [-0.3, -0.25) is 18.6 Å². The lowest BCUT2D eigenvalue weighted by Gasteiger charge is -2.32. The summed E-state index contributed by atoms with van der Waals surface area (Å²) in [5.41, 5.74) is 2.42. The Morgan fingerprint density at radius 1 is 0.438 bits per heavy atom. The molecule has 6 aliphatic rings. The number of benzene rings is 6. The maximum Gasteiger partial charge on any atom is 0.408 e. The van der Waals surface area contributed by atoms with Crippen LogP contribution in [0.1, 0.15) is 91.8 Å². The minimum atomic E-state index is -4.39. The maximum atomic E-state index is 13.7. The number of carbonyl (C=O) groups excluding carboxylic acids is 4. The van der Waals surface area contributed by atoms with E-state index in [4.69, 9.17) is 66.6 Å². The van der Waals surface area contributed by atoms with E-state index in [1.807, 2.05) is 48.5 Å². The van der Waals surface area contributed by atoms with Crippen molar-refractivity contribution in [2.45, 2.75) is 177 Å². The van der Waals surface area contributed by atoms with Crippen LogP contribution in [0.2, 0.25) is 0 Å². The summed E-state index contributed by atoms with van der Waals surface area (Å²) in [6.07, 6.45) is -4.98. The highest BCUT2D eigenvalue weighted by atomic mass is 32.2. The smallest absolute Gasteiger partial charge is 0.408 e. The third-order valence-corrected chi connectivity index (χ3v) is 31.4. The molecule has 12 N–H and O–H groups in total. The molecule has 6 aromatic rings. The van der Waals surface area contributed by atoms with Crippen molar-refractivity contribution in [3.8, 4) is 17.2 Å². The van der Waals surface area contributed by atoms with Gasteiger partial charge in [0.25, 0.3) is 0 Å². The van der Waals surface area contributed by atoms with Gasteiger partial charge in [0.15, 0.2) is 18.9 Å². The average molecular weight is 2040 g/mol. The van der Waals surface area contributed by atoms with Crippen LogP contribution in [0.25, 0.3) is 0 Å². The van der Waals surface area contributed by atoms with Gasteiger partial charge in [0.2, 0.25) is 30.1 Å². The zero-order valence-electron chi connectivity index (χ0n) is 77.9. The highest BCUT2D eigenvalue weighted by Crippen LogP contribution is 2.39. The van der Waals surface area contributed by atoms with Gasteiger partial charge in [-0.15, -0.1) is 0 Å². The molecule has 0 aliphatic carbocycles. The Bertz CT molecular complexity index is 5330. The number of aliphatic hydroxyl groups is 2. The van der Waals surface area contributed by atoms with Crippen molar-refractivity contribution in [1.82, 2.24) is 39.1 Å². The predicted octanol–water partition coefficient (Wildman–Crippen LogP) is 6.11. The molecule has 0 saturated carbocycles. The summed E-state index contributed by atoms with van der Waals surface area (Å²) in [7, 11) is -18.5. The first-order valence-electron chi connectivity index (χ1n) is 44.3. The number of aryl methyl sites for hydroxylation is 1. The summed E-state index contributed by atoms with van der Waals surface area (Å²) in [6.45, 7) is 17.6. The van der Waals surface area contributed by atoms with Crippen LogP contribution >= 0.6 is 22.8 Å². The molecule has 0 aromatic heterocycles. The van der Waals surface area contributed by atoms with Crippen LogP contribution in [0.5, 0.6) is 17.2 Å². The van der Waals surface area contributed by atoms with Gasteiger partial charge in [0.05, 0.1) is 140 Å². The van der Waals surface area contributed by atoms with E-state index in [2.05, 4.69) is 21.3 Å². The van der Waals surface area contributed by atoms with Crippen LogP contribution in [0.4, 0.5) is 14.4 Å². The number of hydrogen-bond donors (Lipinski definition) is 12. The lowest BCUT2D eigenvalue weighted by Crippen LogP contribution is -2.54. The molecule has 6 fully saturated rings. The fourth-order valence-corrected chi connectivity index (χ4v) is 22.3. The number of likely N-dealkylation sites (N-methyl/N-ethyl adjacent to an activating group) is 1. The van der Waals surface area contributed by atoms with Crippen molar-refractivity contribution >= 4 is 93.3 Å². The summed E-state index contributed by atoms with van der Waals surface area (Å²) in [5.74, 6) is 0.755. The Kier molecular flexibility index (Phi) is 43.5. The van der Waals surface area contributed by atoms with Gasteiger partial charge in [-0.25, -0.2) is 39.6 Å². The zero-order chi connectivity index (χ0) is 99.8. The Labute approximate surface area is 801 Å². The monoisotopic (exact) mass is 2040 g/mol. The fraction of sp³-hybridized carbons (Fsp3) is 0.556. The molecule has 12 rings (SSSR count). The average Bonchev–Trinajstić information content (AvgIpc) is 1.41. The summed E-state index contributed by atoms with van der Waals surface area (Å²) >= 11 is 0. The van der Waals surface area contributed by atoms with Crippen molar-refractivity contribution < 1.29 is 155 Å². The molecule has 0 bridgehead atoms. The van der Waals surface area contributed by atoms with Crippen molar-refractivity contribution in [3.63, 3.8) is 0 Å². The molecule has 764 valence electrons. The lowest BCUT2D eigenvalue weighted by molar-refractivity contribution is -0.110. The number of sulfonamides is 3. The van der Waals surface area contributed by atoms with Gasteiger partial charge in [-0.1, -0.05) is 97.9 Å². The van der Waals surface area contributed by atoms with Crippen LogP contribution in [0, 0.1) is 48.3 Å². The van der Waals surface area contributed by atoms with Crippen LogP contribution < -0.4 is 51.4 Å². The van der Waals surface area contributed by atoms with Gasteiger partial charge < -0.3 is 122 Å². The first-order valence-corrected chi connectivity index (χ1v) is 53.4. The van der Waals surface area contributed by atoms with E-state index in [0.717, 1.165) is 17.5 Å². The van der Waals surface area contributed by atoms with Gasteiger partial charge >= 0.3 is 41.1 Å². The molecule has 3 amide bonds. The molecule has 6 aliphatic heterocycles. The number of fused-ring (bicyclic) bond motifs is 3. The number of hydrogen-bond acceptors (Lipinski definition) is 29. The minimum absolute atomic E-state index is 0. The van der Waals surface area contributed by atoms with Gasteiger partial charge in [0.1, 0.15) is 41.8 Å². The first-order chi connectivity index (χ1) is 64.1. The standard InChI is InChI=1S/C30H44N3O11PS.C29H42N3O11PS.C23H34N2O8S.C7H9O3P.CH4/c1-20(2)15-33(46(39,40)24-11-7-22(41-4)8-12-24)18-27(34)26(31-30(35)44-28-19-43-29-25(28)13-14-42-29)17-32(3)16-21-5-9-23(10-6-21)45(36,37)38;1-19(2)16-32(45(38,39)23-10-6-21(40-3)7-11-23)17-26(33)25(15-30-14-20-4-8-22(9-5-20)44(35,36)37)31-29(34)43-27-18-42-28-24(27)12-13-41-28;1-15(2)11-25(34(28,29)18-7-5-17(30-4)6-8-18)12-16(3)20(13-26)24-23(27)33-21-14-32-22-19(21)9-10-31-22;1-6-2-4-7(5-3-6)11(8,9)10;/h5-12,20,25-29,34H,13-19H2,1-4H3,(H,31,35)(H2,36,37,38);4-11,19,24-28,30,33H,12-18H2,1-3H3,(H,31,34)(H2,35,36,37);5-8,13,15-16,19-22H,9-12,14H2,1-4H3,(H,24,27);2-5H,1H3,(H2,8,9,10);1H4/t25-,26-,27+,28-,29+;24-,25-,26+,27-,28+;16-,19+,20+,21+,22-;;/m001../s1. The highest BCUT2D eigenvalue weighted by molar-refractivity contribution is 7.89. The highest BCUT2D eigenvalue weighted by Gasteiger charge is 2.48. The Morgan fingerprint density at radius 3 is 1.08 bits per heavy atom. The molecule has 15 atom stereocenters. The molecule has 47 heteroatoms. The molecule has 0 spiro atoms. The van der Waals surface area contributed by atoms with Crippen molar-refractivity contribution in [2.75, 3.05) is 120 Å². The van der Waals surface area contributed by atoms with Crippen LogP contribution in [0.15, 0.2) is 160 Å². The van der Waals surface area contributed by atoms with E-state index in [0.29, 0.717) is 68.3 Å². The van der Waals surface area contributed by atoms with Gasteiger partial charge in [0, 0.05) is 65.4 Å². The largest absolute Gasteiger partial charge is 0.497 e. The number of amides is 3. The molecule has 137 heavy (non-hydrogen) atoms. The second kappa shape index (κ2) is 52.1. The van der Waals surface area contributed by atoms with E-state index in [9.17, 15) is 87.9 Å². The first kappa shape index (κ1) is 114. The van der Waals surface area contributed by atoms with Gasteiger partial charge in [-0.05, 0) is 177 Å². The molecule has 6 saturated heterocycles. The van der Waals surface area contributed by atoms with Crippen LogP contribution in [-0.4, -0.2) is 295 Å². The normalized spacial score (nSPS) is 21.1. The van der Waals surface area contributed by atoms with E-state index in [1.54, 1.807) is 91.7 Å². The van der Waals surface area contributed by atoms with Crippen molar-refractivity contribution in [3.05, 3.63) is 162 Å². The van der Waals surface area contributed by atoms with Crippen molar-refractivity contribution in [2.24, 2.45) is 41.4 Å². The summed E-state index contributed by atoms with van der Waals surface area (Å²) in [4.78, 5) is 107. The number of rotatable bonds is 42. The Balaban J connectivity index is 0.000000240. The topological polar surface area (TPSA) is 556 Å². The second-order valence-electron chi connectivity index (χ2n) is 35.1. The van der Waals surface area contributed by atoms with Gasteiger partial charge in [-0.2, -0.15) is 12.9 Å². The summed E-state index contributed by atoms with van der Waals surface area (Å²) in [6, 6.07) is 33.1. The number of nitrogens with zero attached hydrogens (tertiary/aromatic N) is 4. The molecule has 6 aromatic carbocycles. The molecular formula is C90H133N8O33P3S3. The number of aldehydes is 1. The minimum Gasteiger partial charge on any atom is -0.497 e. The fourth-order valence-electron chi connectivity index (χ4n) is 15.7. The number of nitrogens with one attached hydrogen (secondary N) is 4. The van der Waals surface area contributed by atoms with E-state index in [-0.39, 0.29) is 159 Å². The Hall–Kier alpha value is -8.02. The van der Waals surface area contributed by atoms with Crippen molar-refractivity contribution in [1.29, 1.82) is 0 Å². The number of ether oxygens (including phenoxy) is 12. The zero-order valence-corrected chi connectivity index (χ0v) is 83.0. The number of methoxy groups -OCH3 is 3. The number of carbonyl (C=O) groups is 4. The maximum absolute atomic E-state index is 13.7. The third kappa shape index (κ3) is 33.8. The molecular weight excluding hydrogens is 1910 g/mol. The Morgan fingerprint density at radius 2 is 0.752 bits per heavy atom. The molecule has 6 heterocycles. The van der Waals surface area contributed by atoms with E-state index in [1.165, 1.54) is 107 Å². The number of alkyl carbamates (subject to hydrolysis) is 3. The quantitative estimate of drug-likeness (QED) is 0.0117. The predicted molar refractivity (Wildman–Crippen MR) is 504 cm³/mol. The third-order valence-electron chi connectivity index (χ3n) is 23.0.